The first-order valence-electron chi connectivity index (χ1n) is 12.4. The molecule has 2 aliphatic rings. The minimum absolute atomic E-state index is 0.236. The van der Waals surface area contributed by atoms with Crippen molar-refractivity contribution in [2.24, 2.45) is 10.8 Å². The van der Waals surface area contributed by atoms with Crippen LogP contribution in [-0.2, 0) is 11.3 Å². The fourth-order valence-electron chi connectivity index (χ4n) is 5.07. The van der Waals surface area contributed by atoms with Gasteiger partial charge < -0.3 is 9.15 Å². The number of ether oxygens (including phenoxy) is 1. The Morgan fingerprint density at radius 3 is 2.69 bits per heavy atom. The summed E-state index contributed by atoms with van der Waals surface area (Å²) in [5, 5.41) is 3.74. The van der Waals surface area contributed by atoms with Crippen molar-refractivity contribution >= 4 is 23.0 Å². The Balaban J connectivity index is 1.50. The molecule has 1 unspecified atom stereocenters. The van der Waals surface area contributed by atoms with E-state index in [2.05, 4.69) is 10.4 Å². The predicted molar refractivity (Wildman–Crippen MR) is 148 cm³/mol. The molecule has 0 aliphatic carbocycles. The Kier molecular flexibility index (Phi) is 6.22. The summed E-state index contributed by atoms with van der Waals surface area (Å²) in [5.74, 6) is 6.30. The second-order valence-corrected chi connectivity index (χ2v) is 9.38. The van der Waals surface area contributed by atoms with E-state index in [4.69, 9.17) is 15.0 Å². The predicted octanol–water partition coefficient (Wildman–Crippen LogP) is 5.05. The molecule has 3 heterocycles. The Morgan fingerprint density at radius 1 is 1.08 bits per heavy atom. The SMILES string of the molecule is COCc1cccc(C2=C3C(=CN=CN3N)N(C(C)c3oc4ccccc4c(=O)c3-c3cccc(F)c3)N2)c1. The lowest BCUT2D eigenvalue weighted by molar-refractivity contribution is 0.185. The van der Waals surface area contributed by atoms with Gasteiger partial charge >= 0.3 is 0 Å². The van der Waals surface area contributed by atoms with E-state index < -0.39 is 11.9 Å². The van der Waals surface area contributed by atoms with Gasteiger partial charge in [0.25, 0.3) is 0 Å². The molecule has 0 spiro atoms. The normalized spacial score (nSPS) is 15.4. The summed E-state index contributed by atoms with van der Waals surface area (Å²) in [7, 11) is 1.65. The summed E-state index contributed by atoms with van der Waals surface area (Å²) in [6.07, 6.45) is 3.23. The van der Waals surface area contributed by atoms with E-state index in [9.17, 15) is 9.18 Å². The number of benzene rings is 3. The van der Waals surface area contributed by atoms with Crippen LogP contribution in [0.3, 0.4) is 0 Å². The molecule has 0 saturated heterocycles. The Hall–Kier alpha value is -4.73. The number of methoxy groups -OCH3 is 1. The Labute approximate surface area is 224 Å². The van der Waals surface area contributed by atoms with E-state index in [1.54, 1.807) is 43.6 Å². The van der Waals surface area contributed by atoms with Crippen LogP contribution in [-0.4, -0.2) is 23.5 Å². The van der Waals surface area contributed by atoms with Crippen LogP contribution < -0.4 is 16.7 Å². The van der Waals surface area contributed by atoms with Crippen LogP contribution in [0.2, 0.25) is 0 Å². The van der Waals surface area contributed by atoms with Gasteiger partial charge in [-0.3, -0.25) is 20.2 Å². The number of rotatable bonds is 6. The summed E-state index contributed by atoms with van der Waals surface area (Å²) in [6.45, 7) is 2.37. The topological polar surface area (TPSA) is 96.3 Å². The number of nitrogens with one attached hydrogen (secondary N) is 1. The van der Waals surface area contributed by atoms with Crippen molar-refractivity contribution in [2.45, 2.75) is 19.6 Å². The Bertz CT molecular complexity index is 1740. The van der Waals surface area contributed by atoms with Gasteiger partial charge in [0.05, 0.1) is 29.5 Å². The van der Waals surface area contributed by atoms with E-state index in [-0.39, 0.29) is 5.43 Å². The van der Waals surface area contributed by atoms with E-state index >= 15 is 0 Å². The van der Waals surface area contributed by atoms with Gasteiger partial charge in [-0.25, -0.2) is 15.2 Å². The van der Waals surface area contributed by atoms with Gasteiger partial charge in [-0.05, 0) is 48.4 Å². The van der Waals surface area contributed by atoms with Crippen molar-refractivity contribution in [3.05, 3.63) is 123 Å². The van der Waals surface area contributed by atoms with Crippen LogP contribution in [0.4, 0.5) is 4.39 Å². The first-order chi connectivity index (χ1) is 19.0. The van der Waals surface area contributed by atoms with E-state index in [0.717, 1.165) is 16.8 Å². The number of hydrogen-bond acceptors (Lipinski definition) is 8. The molecule has 0 fully saturated rings. The van der Waals surface area contributed by atoms with E-state index in [1.807, 2.05) is 42.3 Å². The quantitative estimate of drug-likeness (QED) is 0.341. The van der Waals surface area contributed by atoms with Crippen molar-refractivity contribution in [3.63, 3.8) is 0 Å². The highest BCUT2D eigenvalue weighted by molar-refractivity contribution is 5.83. The van der Waals surface area contributed by atoms with E-state index in [0.29, 0.717) is 45.9 Å². The number of nitrogens with zero attached hydrogens (tertiary/aromatic N) is 3. The lowest BCUT2D eigenvalue weighted by atomic mass is 9.98. The molecule has 0 radical (unpaired) electrons. The van der Waals surface area contributed by atoms with Crippen LogP contribution in [0.15, 0.2) is 105 Å². The number of nitrogens with two attached hydrogens (primary N) is 1. The number of aliphatic imine (C=N–C) groups is 1. The second kappa shape index (κ2) is 9.86. The van der Waals surface area contributed by atoms with Gasteiger partial charge in [-0.2, -0.15) is 0 Å². The summed E-state index contributed by atoms with van der Waals surface area (Å²) < 4.78 is 26.0. The fraction of sp³-hybridized carbons (Fsp3) is 0.133. The standard InChI is InChI=1S/C30H26FN5O3/c1-18(30-26(20-8-6-10-22(31)14-20)29(37)23-11-3-4-12-25(23)39-30)36-24-15-33-17-35(32)28(24)27(34-36)21-9-5-7-19(13-21)16-38-2/h3-15,17-18,34H,16,32H2,1-2H3. The molecular weight excluding hydrogens is 497 g/mol. The average Bonchev–Trinajstić information content (AvgIpc) is 3.34. The zero-order chi connectivity index (χ0) is 27.1. The van der Waals surface area contributed by atoms with Gasteiger partial charge in [-0.15, -0.1) is 0 Å². The molecule has 0 amide bonds. The minimum atomic E-state index is -0.525. The van der Waals surface area contributed by atoms with Crippen LogP contribution in [0.1, 0.15) is 29.9 Å². The Morgan fingerprint density at radius 2 is 1.87 bits per heavy atom. The molecule has 3 N–H and O–H groups in total. The third-order valence-corrected chi connectivity index (χ3v) is 6.85. The van der Waals surface area contributed by atoms with Crippen LogP contribution in [0.5, 0.6) is 0 Å². The molecule has 9 heteroatoms. The van der Waals surface area contributed by atoms with Gasteiger partial charge in [0.2, 0.25) is 5.43 Å². The third-order valence-electron chi connectivity index (χ3n) is 6.85. The first kappa shape index (κ1) is 24.6. The van der Waals surface area contributed by atoms with E-state index in [1.165, 1.54) is 23.5 Å². The van der Waals surface area contributed by atoms with Crippen molar-refractivity contribution in [3.8, 4) is 11.1 Å². The molecule has 39 heavy (non-hydrogen) atoms. The lowest BCUT2D eigenvalue weighted by Crippen LogP contribution is -2.36. The van der Waals surface area contributed by atoms with Crippen LogP contribution in [0, 0.1) is 5.82 Å². The highest BCUT2D eigenvalue weighted by Gasteiger charge is 2.37. The van der Waals surface area contributed by atoms with Crippen molar-refractivity contribution in [1.82, 2.24) is 15.4 Å². The molecule has 8 nitrogen and oxygen atoms in total. The van der Waals surface area contributed by atoms with Crippen LogP contribution >= 0.6 is 0 Å². The van der Waals surface area contributed by atoms with Gasteiger partial charge in [0.15, 0.2) is 0 Å². The smallest absolute Gasteiger partial charge is 0.200 e. The summed E-state index contributed by atoms with van der Waals surface area (Å²) >= 11 is 0. The van der Waals surface area contributed by atoms with Crippen LogP contribution in [0.25, 0.3) is 27.8 Å². The molecule has 1 atom stereocenters. The summed E-state index contributed by atoms with van der Waals surface area (Å²) in [5.41, 5.74) is 8.48. The van der Waals surface area contributed by atoms with Gasteiger partial charge in [-0.1, -0.05) is 42.5 Å². The molecule has 0 bridgehead atoms. The highest BCUT2D eigenvalue weighted by atomic mass is 19.1. The molecular formula is C30H26FN5O3. The molecule has 3 aromatic carbocycles. The summed E-state index contributed by atoms with van der Waals surface area (Å²) in [6, 6.07) is 20.5. The number of hydrazine groups is 2. The highest BCUT2D eigenvalue weighted by Crippen LogP contribution is 2.40. The largest absolute Gasteiger partial charge is 0.458 e. The van der Waals surface area contributed by atoms with Crippen molar-refractivity contribution < 1.29 is 13.5 Å². The number of halogens is 1. The third kappa shape index (κ3) is 4.27. The zero-order valence-corrected chi connectivity index (χ0v) is 21.4. The molecule has 2 aliphatic heterocycles. The second-order valence-electron chi connectivity index (χ2n) is 9.38. The molecule has 6 rings (SSSR count). The maximum atomic E-state index is 14.3. The maximum Gasteiger partial charge on any atom is 0.200 e. The fourth-order valence-corrected chi connectivity index (χ4v) is 5.07. The molecule has 196 valence electrons. The van der Waals surface area contributed by atoms with Gasteiger partial charge in [0.1, 0.15) is 40.9 Å². The molecule has 0 saturated carbocycles. The van der Waals surface area contributed by atoms with Crippen molar-refractivity contribution in [1.29, 1.82) is 0 Å². The number of fused-ring (bicyclic) bond motifs is 2. The maximum absolute atomic E-state index is 14.3. The molecule has 4 aromatic rings. The molecule has 1 aromatic heterocycles. The summed E-state index contributed by atoms with van der Waals surface area (Å²) in [4.78, 5) is 18.1. The van der Waals surface area contributed by atoms with Gasteiger partial charge in [0, 0.05) is 12.7 Å². The lowest BCUT2D eigenvalue weighted by Gasteiger charge is -2.30. The number of para-hydroxylation sites is 1. The van der Waals surface area contributed by atoms with Crippen molar-refractivity contribution in [2.75, 3.05) is 7.11 Å². The first-order valence-corrected chi connectivity index (χ1v) is 12.4. The number of hydrogen-bond donors (Lipinski definition) is 2. The zero-order valence-electron chi connectivity index (χ0n) is 21.4. The minimum Gasteiger partial charge on any atom is -0.458 e. The average molecular weight is 524 g/mol. The monoisotopic (exact) mass is 523 g/mol.